The highest BCUT2D eigenvalue weighted by atomic mass is 32.1. The summed E-state index contributed by atoms with van der Waals surface area (Å²) < 4.78 is 4.63. The van der Waals surface area contributed by atoms with Crippen molar-refractivity contribution >= 4 is 39.4 Å². The van der Waals surface area contributed by atoms with Crippen LogP contribution in [0.15, 0.2) is 30.3 Å². The van der Waals surface area contributed by atoms with Gasteiger partial charge in [-0.1, -0.05) is 23.5 Å². The number of carbonyl (C=O) groups is 2. The molecule has 3 N–H and O–H groups in total. The van der Waals surface area contributed by atoms with E-state index in [9.17, 15) is 9.59 Å². The second-order valence-electron chi connectivity index (χ2n) is 6.03. The molecule has 8 nitrogen and oxygen atoms in total. The third kappa shape index (κ3) is 3.39. The molecular formula is C17H16N4O4S. The maximum atomic E-state index is 12.4. The van der Waals surface area contributed by atoms with Crippen molar-refractivity contribution in [1.29, 1.82) is 0 Å². The summed E-state index contributed by atoms with van der Waals surface area (Å²) in [6.07, 6.45) is -0.133. The molecule has 1 aliphatic rings. The van der Waals surface area contributed by atoms with Gasteiger partial charge in [-0.2, -0.15) is 5.10 Å². The van der Waals surface area contributed by atoms with Gasteiger partial charge in [-0.15, -0.1) is 0 Å². The van der Waals surface area contributed by atoms with E-state index in [0.29, 0.717) is 21.6 Å². The van der Waals surface area contributed by atoms with E-state index >= 15 is 0 Å². The number of aromatic amines is 1. The molecule has 3 aromatic rings. The van der Waals surface area contributed by atoms with Crippen LogP contribution in [0, 0.1) is 0 Å². The summed E-state index contributed by atoms with van der Waals surface area (Å²) in [6, 6.07) is 9.03. The number of H-pyrrole nitrogens is 1. The van der Waals surface area contributed by atoms with Gasteiger partial charge in [0.2, 0.25) is 0 Å². The maximum absolute atomic E-state index is 12.4. The predicted molar refractivity (Wildman–Crippen MR) is 96.9 cm³/mol. The summed E-state index contributed by atoms with van der Waals surface area (Å²) in [6.45, 7) is 3.17. The Morgan fingerprint density at radius 1 is 1.31 bits per heavy atom. The molecule has 26 heavy (non-hydrogen) atoms. The number of hydrogen-bond donors (Lipinski definition) is 3. The number of fused-ring (bicyclic) bond motifs is 1. The first-order valence-corrected chi connectivity index (χ1v) is 8.91. The van der Waals surface area contributed by atoms with Crippen molar-refractivity contribution in [2.75, 3.05) is 18.4 Å². The third-order valence-corrected chi connectivity index (χ3v) is 5.14. The van der Waals surface area contributed by atoms with E-state index in [1.165, 1.54) is 18.1 Å². The monoisotopic (exact) mass is 372 g/mol. The van der Waals surface area contributed by atoms with Crippen LogP contribution in [0.4, 0.5) is 10.6 Å². The summed E-state index contributed by atoms with van der Waals surface area (Å²) >= 11 is 1.11. The van der Waals surface area contributed by atoms with Crippen LogP contribution in [-0.2, 0) is 6.54 Å². The lowest BCUT2D eigenvalue weighted by Gasteiger charge is -2.30. The Hall–Kier alpha value is -2.91. The highest BCUT2D eigenvalue weighted by Gasteiger charge is 2.17. The zero-order valence-corrected chi connectivity index (χ0v) is 14.5. The standard InChI is InChI=1S/C17H16N4O4S/c22-15(11-4-2-10(3-5-11)9-21-6-1-7-21)18-14-12-8-13(25-17(23)24)26-16(12)20-19-14/h2-5,8H,1,6-7,9H2,(H,23,24)(H2,18,19,20,22). The third-order valence-electron chi connectivity index (χ3n) is 4.22. The van der Waals surface area contributed by atoms with Gasteiger partial charge in [-0.3, -0.25) is 14.8 Å². The SMILES string of the molecule is O=C(O)Oc1cc2c(NC(=O)c3ccc(CN4CCC4)cc3)n[nH]c2s1. The highest BCUT2D eigenvalue weighted by Crippen LogP contribution is 2.34. The Bertz CT molecular complexity index is 959. The number of ether oxygens (including phenoxy) is 1. The zero-order valence-electron chi connectivity index (χ0n) is 13.7. The number of benzene rings is 1. The molecule has 0 unspecified atom stereocenters. The number of hydrogen-bond acceptors (Lipinski definition) is 6. The largest absolute Gasteiger partial charge is 0.512 e. The van der Waals surface area contributed by atoms with Crippen LogP contribution in [0.3, 0.4) is 0 Å². The number of nitrogens with one attached hydrogen (secondary N) is 2. The first-order valence-electron chi connectivity index (χ1n) is 8.10. The fourth-order valence-corrected chi connectivity index (χ4v) is 3.61. The van der Waals surface area contributed by atoms with Crippen molar-refractivity contribution in [3.05, 3.63) is 41.5 Å². The molecule has 1 aromatic carbocycles. The summed E-state index contributed by atoms with van der Waals surface area (Å²) in [7, 11) is 0. The van der Waals surface area contributed by atoms with Crippen LogP contribution in [0.1, 0.15) is 22.3 Å². The minimum atomic E-state index is -1.38. The molecule has 1 saturated heterocycles. The van der Waals surface area contributed by atoms with Gasteiger partial charge in [0, 0.05) is 18.2 Å². The molecule has 2 aromatic heterocycles. The predicted octanol–water partition coefficient (Wildman–Crippen LogP) is 3.14. The summed E-state index contributed by atoms with van der Waals surface area (Å²) in [4.78, 5) is 26.0. The van der Waals surface area contributed by atoms with E-state index in [1.807, 2.05) is 12.1 Å². The Morgan fingerprint density at radius 3 is 2.73 bits per heavy atom. The van der Waals surface area contributed by atoms with Crippen molar-refractivity contribution in [3.63, 3.8) is 0 Å². The molecule has 0 aliphatic carbocycles. The minimum Gasteiger partial charge on any atom is -0.449 e. The van der Waals surface area contributed by atoms with E-state index in [1.54, 1.807) is 12.1 Å². The van der Waals surface area contributed by atoms with Gasteiger partial charge in [-0.25, -0.2) is 4.79 Å². The molecule has 3 heterocycles. The summed E-state index contributed by atoms with van der Waals surface area (Å²) in [5, 5.41) is 19.1. The number of amides is 1. The van der Waals surface area contributed by atoms with E-state index in [0.717, 1.165) is 31.0 Å². The molecule has 0 radical (unpaired) electrons. The highest BCUT2D eigenvalue weighted by molar-refractivity contribution is 7.20. The van der Waals surface area contributed by atoms with Crippen LogP contribution in [-0.4, -0.2) is 45.4 Å². The number of carboxylic acid groups (broad SMARTS) is 1. The Balaban J connectivity index is 1.46. The van der Waals surface area contributed by atoms with E-state index in [4.69, 9.17) is 5.11 Å². The lowest BCUT2D eigenvalue weighted by molar-refractivity contribution is 0.102. The van der Waals surface area contributed by atoms with Crippen molar-refractivity contribution in [1.82, 2.24) is 15.1 Å². The first kappa shape index (κ1) is 16.6. The molecule has 1 amide bonds. The number of likely N-dealkylation sites (tertiary alicyclic amines) is 1. The van der Waals surface area contributed by atoms with Gasteiger partial charge in [0.05, 0.1) is 5.39 Å². The number of aromatic nitrogens is 2. The fraction of sp³-hybridized carbons (Fsp3) is 0.235. The molecule has 0 bridgehead atoms. The van der Waals surface area contributed by atoms with Crippen molar-refractivity contribution in [3.8, 4) is 5.06 Å². The Morgan fingerprint density at radius 2 is 2.08 bits per heavy atom. The normalized spacial score (nSPS) is 14.2. The Kier molecular flexibility index (Phi) is 4.31. The molecule has 1 fully saturated rings. The van der Waals surface area contributed by atoms with E-state index in [-0.39, 0.29) is 11.0 Å². The van der Waals surface area contributed by atoms with Crippen LogP contribution < -0.4 is 10.1 Å². The topological polar surface area (TPSA) is 108 Å². The van der Waals surface area contributed by atoms with Gasteiger partial charge in [-0.05, 0) is 37.2 Å². The number of thiophene rings is 1. The molecule has 134 valence electrons. The van der Waals surface area contributed by atoms with E-state index in [2.05, 4.69) is 25.2 Å². The van der Waals surface area contributed by atoms with Gasteiger partial charge >= 0.3 is 6.16 Å². The number of rotatable bonds is 5. The van der Waals surface area contributed by atoms with Gasteiger partial charge < -0.3 is 15.2 Å². The zero-order chi connectivity index (χ0) is 18.1. The van der Waals surface area contributed by atoms with Crippen molar-refractivity contribution in [2.45, 2.75) is 13.0 Å². The van der Waals surface area contributed by atoms with Crippen molar-refractivity contribution in [2.24, 2.45) is 0 Å². The molecule has 9 heteroatoms. The smallest absolute Gasteiger partial charge is 0.449 e. The second-order valence-corrected chi connectivity index (χ2v) is 7.04. The lowest BCUT2D eigenvalue weighted by Crippen LogP contribution is -2.36. The van der Waals surface area contributed by atoms with Crippen LogP contribution in [0.5, 0.6) is 5.06 Å². The summed E-state index contributed by atoms with van der Waals surface area (Å²) in [5.74, 6) is 0.0620. The molecule has 1 aliphatic heterocycles. The first-order chi connectivity index (χ1) is 12.6. The van der Waals surface area contributed by atoms with Crippen molar-refractivity contribution < 1.29 is 19.4 Å². The number of nitrogens with zero attached hydrogens (tertiary/aromatic N) is 2. The molecular weight excluding hydrogens is 356 g/mol. The van der Waals surface area contributed by atoms with Crippen LogP contribution >= 0.6 is 11.3 Å². The molecule has 0 saturated carbocycles. The van der Waals surface area contributed by atoms with Crippen LogP contribution in [0.25, 0.3) is 10.2 Å². The average molecular weight is 372 g/mol. The number of carbonyl (C=O) groups excluding carboxylic acids is 1. The Labute approximate surface area is 152 Å². The number of anilines is 1. The molecule has 4 rings (SSSR count). The van der Waals surface area contributed by atoms with E-state index < -0.39 is 6.16 Å². The van der Waals surface area contributed by atoms with Crippen LogP contribution in [0.2, 0.25) is 0 Å². The van der Waals surface area contributed by atoms with Gasteiger partial charge in [0.25, 0.3) is 5.91 Å². The fourth-order valence-electron chi connectivity index (χ4n) is 2.77. The molecule has 0 spiro atoms. The minimum absolute atomic E-state index is 0.215. The average Bonchev–Trinajstić information content (AvgIpc) is 3.12. The van der Waals surface area contributed by atoms with Gasteiger partial charge in [0.1, 0.15) is 4.83 Å². The molecule has 0 atom stereocenters. The summed E-state index contributed by atoms with van der Waals surface area (Å²) in [5.41, 5.74) is 1.71. The quantitative estimate of drug-likeness (QED) is 0.594. The van der Waals surface area contributed by atoms with Gasteiger partial charge in [0.15, 0.2) is 10.9 Å². The lowest BCUT2D eigenvalue weighted by atomic mass is 10.1. The second kappa shape index (κ2) is 6.77. The maximum Gasteiger partial charge on any atom is 0.512 e.